The molecule has 1 aliphatic heterocycles. The van der Waals surface area contributed by atoms with Gasteiger partial charge in [0.15, 0.2) is 17.3 Å². The summed E-state index contributed by atoms with van der Waals surface area (Å²) in [6, 6.07) is 10.2. The zero-order chi connectivity index (χ0) is 22.0. The van der Waals surface area contributed by atoms with Gasteiger partial charge in [0.1, 0.15) is 5.82 Å². The minimum Gasteiger partial charge on any atom is -0.493 e. The van der Waals surface area contributed by atoms with Crippen LogP contribution >= 0.6 is 0 Å². The number of anilines is 1. The Morgan fingerprint density at radius 1 is 1.26 bits per heavy atom. The summed E-state index contributed by atoms with van der Waals surface area (Å²) in [7, 11) is 3.14. The molecule has 1 atom stereocenters. The van der Waals surface area contributed by atoms with Gasteiger partial charge in [-0.3, -0.25) is 19.6 Å². The zero-order valence-corrected chi connectivity index (χ0v) is 17.3. The summed E-state index contributed by atoms with van der Waals surface area (Å²) in [6.07, 6.45) is 0.663. The number of carbonyl (C=O) groups is 2. The van der Waals surface area contributed by atoms with E-state index in [-0.39, 0.29) is 36.0 Å². The van der Waals surface area contributed by atoms with Crippen molar-refractivity contribution >= 4 is 28.5 Å². The highest BCUT2D eigenvalue weighted by Gasteiger charge is 2.37. The number of nitrogens with one attached hydrogen (secondary N) is 2. The normalized spacial score (nSPS) is 16.0. The van der Waals surface area contributed by atoms with E-state index in [1.165, 1.54) is 11.0 Å². The number of carbonyl (C=O) groups excluding carboxylic acids is 2. The fourth-order valence-corrected chi connectivity index (χ4v) is 3.81. The van der Waals surface area contributed by atoms with Crippen LogP contribution in [0, 0.1) is 11.7 Å². The Morgan fingerprint density at radius 3 is 2.84 bits per heavy atom. The van der Waals surface area contributed by atoms with E-state index in [0.717, 1.165) is 5.56 Å². The van der Waals surface area contributed by atoms with Crippen LogP contribution in [0.3, 0.4) is 0 Å². The predicted molar refractivity (Wildman–Crippen MR) is 113 cm³/mol. The molecule has 3 aromatic rings. The van der Waals surface area contributed by atoms with Gasteiger partial charge in [-0.25, -0.2) is 4.39 Å². The van der Waals surface area contributed by atoms with Gasteiger partial charge < -0.3 is 14.8 Å². The average molecular weight is 426 g/mol. The molecular formula is C22H23FN4O4. The first kappa shape index (κ1) is 20.6. The number of rotatable bonds is 7. The van der Waals surface area contributed by atoms with Crippen molar-refractivity contribution in [1.29, 1.82) is 0 Å². The van der Waals surface area contributed by atoms with Gasteiger partial charge >= 0.3 is 0 Å². The molecule has 162 valence electrons. The van der Waals surface area contributed by atoms with Crippen molar-refractivity contribution in [3.8, 4) is 11.5 Å². The molecule has 2 N–H and O–H groups in total. The lowest BCUT2D eigenvalue weighted by atomic mass is 10.1. The smallest absolute Gasteiger partial charge is 0.229 e. The third kappa shape index (κ3) is 4.03. The van der Waals surface area contributed by atoms with E-state index in [2.05, 4.69) is 15.5 Å². The molecule has 1 aliphatic rings. The highest BCUT2D eigenvalue weighted by atomic mass is 19.1. The van der Waals surface area contributed by atoms with E-state index in [1.807, 2.05) is 18.2 Å². The van der Waals surface area contributed by atoms with Crippen LogP contribution in [0.1, 0.15) is 12.0 Å². The van der Waals surface area contributed by atoms with Crippen molar-refractivity contribution < 1.29 is 23.5 Å². The second-order valence-electron chi connectivity index (χ2n) is 7.35. The molecular weight excluding hydrogens is 403 g/mol. The molecule has 0 unspecified atom stereocenters. The Labute approximate surface area is 178 Å². The van der Waals surface area contributed by atoms with Crippen molar-refractivity contribution in [3.05, 3.63) is 47.8 Å². The molecule has 8 nitrogen and oxygen atoms in total. The average Bonchev–Trinajstić information content (AvgIpc) is 3.37. The van der Waals surface area contributed by atoms with Gasteiger partial charge in [-0.1, -0.05) is 12.1 Å². The first-order valence-electron chi connectivity index (χ1n) is 9.93. The number of hydrogen-bond acceptors (Lipinski definition) is 5. The maximum atomic E-state index is 14.3. The van der Waals surface area contributed by atoms with Crippen LogP contribution in [0.4, 0.5) is 10.2 Å². The van der Waals surface area contributed by atoms with Gasteiger partial charge in [-0.05, 0) is 36.2 Å². The van der Waals surface area contributed by atoms with Crippen LogP contribution in [0.5, 0.6) is 11.5 Å². The number of H-pyrrole nitrogens is 1. The van der Waals surface area contributed by atoms with Gasteiger partial charge in [0.05, 0.1) is 31.0 Å². The van der Waals surface area contributed by atoms with Crippen molar-refractivity contribution in [2.45, 2.75) is 12.8 Å². The highest BCUT2D eigenvalue weighted by Crippen LogP contribution is 2.31. The Balaban J connectivity index is 1.37. The lowest BCUT2D eigenvalue weighted by molar-refractivity contribution is -0.126. The lowest BCUT2D eigenvalue weighted by Gasteiger charge is -2.14. The highest BCUT2D eigenvalue weighted by molar-refractivity contribution is 6.05. The van der Waals surface area contributed by atoms with E-state index in [9.17, 15) is 14.0 Å². The molecule has 2 amide bonds. The van der Waals surface area contributed by atoms with Crippen LogP contribution in [0.25, 0.3) is 10.9 Å². The third-order valence-electron chi connectivity index (χ3n) is 5.43. The van der Waals surface area contributed by atoms with Gasteiger partial charge in [0, 0.05) is 19.5 Å². The Kier molecular flexibility index (Phi) is 5.75. The number of amides is 2. The molecule has 0 saturated carbocycles. The minimum absolute atomic E-state index is 0.0605. The number of aromatic nitrogens is 2. The van der Waals surface area contributed by atoms with Crippen LogP contribution < -0.4 is 19.7 Å². The molecule has 0 aliphatic carbocycles. The van der Waals surface area contributed by atoms with Crippen LogP contribution in [-0.4, -0.2) is 49.3 Å². The summed E-state index contributed by atoms with van der Waals surface area (Å²) in [5.74, 6) is 0.0457. The lowest BCUT2D eigenvalue weighted by Crippen LogP contribution is -2.34. The number of halogens is 1. The monoisotopic (exact) mass is 426 g/mol. The number of fused-ring (bicyclic) bond motifs is 1. The maximum absolute atomic E-state index is 14.3. The van der Waals surface area contributed by atoms with E-state index in [0.29, 0.717) is 30.0 Å². The van der Waals surface area contributed by atoms with Crippen molar-refractivity contribution in [2.75, 3.05) is 32.2 Å². The third-order valence-corrected chi connectivity index (χ3v) is 5.43. The van der Waals surface area contributed by atoms with E-state index in [1.54, 1.807) is 26.4 Å². The predicted octanol–water partition coefficient (Wildman–Crippen LogP) is 2.43. The van der Waals surface area contributed by atoms with Gasteiger partial charge in [-0.15, -0.1) is 0 Å². The molecule has 1 aromatic heterocycles. The molecule has 2 heterocycles. The molecule has 1 fully saturated rings. The summed E-state index contributed by atoms with van der Waals surface area (Å²) in [5, 5.41) is 9.97. The second kappa shape index (κ2) is 8.63. The first-order valence-corrected chi connectivity index (χ1v) is 9.93. The molecule has 0 spiro atoms. The minimum atomic E-state index is -0.517. The van der Waals surface area contributed by atoms with Crippen molar-refractivity contribution in [2.24, 2.45) is 5.92 Å². The maximum Gasteiger partial charge on any atom is 0.229 e. The van der Waals surface area contributed by atoms with Crippen LogP contribution in [-0.2, 0) is 16.0 Å². The van der Waals surface area contributed by atoms with E-state index >= 15 is 0 Å². The summed E-state index contributed by atoms with van der Waals surface area (Å²) in [4.78, 5) is 26.5. The van der Waals surface area contributed by atoms with Crippen LogP contribution in [0.2, 0.25) is 0 Å². The number of methoxy groups -OCH3 is 2. The topological polar surface area (TPSA) is 96.5 Å². The molecule has 31 heavy (non-hydrogen) atoms. The van der Waals surface area contributed by atoms with Crippen molar-refractivity contribution in [1.82, 2.24) is 15.5 Å². The standard InChI is InChI=1S/C22H23FN4O4/c1-30-17-7-6-13(10-18(17)31-2)8-9-24-22(29)14-11-19(28)27(12-14)21-20-15(23)4-3-5-16(20)25-26-21/h3-7,10,14H,8-9,11-12H2,1-2H3,(H,24,29)(H,25,26)/t14-/m0/s1. The summed E-state index contributed by atoms with van der Waals surface area (Å²) in [5.41, 5.74) is 1.49. The molecule has 2 aromatic carbocycles. The first-order chi connectivity index (χ1) is 15.0. The SMILES string of the molecule is COc1ccc(CCNC(=O)[C@H]2CC(=O)N(c3n[nH]c4cccc(F)c34)C2)cc1OC. The number of hydrogen-bond donors (Lipinski definition) is 2. The van der Waals surface area contributed by atoms with E-state index in [4.69, 9.17) is 9.47 Å². The van der Waals surface area contributed by atoms with Gasteiger partial charge in [0.25, 0.3) is 0 Å². The van der Waals surface area contributed by atoms with E-state index < -0.39 is 11.7 Å². The largest absolute Gasteiger partial charge is 0.493 e. The molecule has 4 rings (SSSR count). The van der Waals surface area contributed by atoms with Gasteiger partial charge in [0.2, 0.25) is 11.8 Å². The molecule has 1 saturated heterocycles. The number of ether oxygens (including phenoxy) is 2. The fourth-order valence-electron chi connectivity index (χ4n) is 3.81. The zero-order valence-electron chi connectivity index (χ0n) is 17.3. The van der Waals surface area contributed by atoms with Crippen LogP contribution in [0.15, 0.2) is 36.4 Å². The number of aromatic amines is 1. The molecule has 9 heteroatoms. The molecule has 0 bridgehead atoms. The second-order valence-corrected chi connectivity index (χ2v) is 7.35. The Bertz CT molecular complexity index is 1130. The number of nitrogens with zero attached hydrogens (tertiary/aromatic N) is 2. The fraction of sp³-hybridized carbons (Fsp3) is 0.318. The summed E-state index contributed by atoms with van der Waals surface area (Å²) in [6.45, 7) is 0.578. The van der Waals surface area contributed by atoms with Crippen molar-refractivity contribution in [3.63, 3.8) is 0 Å². The number of benzene rings is 2. The Morgan fingerprint density at radius 2 is 2.06 bits per heavy atom. The van der Waals surface area contributed by atoms with Gasteiger partial charge in [-0.2, -0.15) is 5.10 Å². The summed E-state index contributed by atoms with van der Waals surface area (Å²) >= 11 is 0. The quantitative estimate of drug-likeness (QED) is 0.605. The Hall–Kier alpha value is -3.62. The molecule has 0 radical (unpaired) electrons. The summed E-state index contributed by atoms with van der Waals surface area (Å²) < 4.78 is 24.8.